The van der Waals surface area contributed by atoms with Gasteiger partial charge < -0.3 is 4.98 Å². The summed E-state index contributed by atoms with van der Waals surface area (Å²) in [6, 6.07) is 8.29. The quantitative estimate of drug-likeness (QED) is 0.413. The van der Waals surface area contributed by atoms with Gasteiger partial charge in [-0.25, -0.2) is 26.6 Å². The number of rotatable bonds is 5. The SMILES string of the molecule is Cc1ccc2c(=O)n(-c3c(F)cc(C(=O)CS(=O)(=O)c4ccc(Cl)s4)cc3F)c(=O)[nH]c2c1. The summed E-state index contributed by atoms with van der Waals surface area (Å²) in [5.41, 5.74) is -2.62. The molecule has 0 saturated heterocycles. The van der Waals surface area contributed by atoms with Crippen molar-refractivity contribution in [1.29, 1.82) is 0 Å². The molecule has 0 amide bonds. The Hall–Kier alpha value is -3.15. The molecule has 0 unspecified atom stereocenters. The lowest BCUT2D eigenvalue weighted by molar-refractivity contribution is 0.102. The molecule has 33 heavy (non-hydrogen) atoms. The van der Waals surface area contributed by atoms with Gasteiger partial charge in [-0.05, 0) is 48.9 Å². The van der Waals surface area contributed by atoms with E-state index in [9.17, 15) is 31.6 Å². The lowest BCUT2D eigenvalue weighted by Crippen LogP contribution is -2.35. The molecule has 2 aromatic carbocycles. The number of fused-ring (bicyclic) bond motifs is 1. The maximum atomic E-state index is 14.9. The molecular formula is C21H13ClF2N2O5S2. The summed E-state index contributed by atoms with van der Waals surface area (Å²) in [6.07, 6.45) is 0. The fraction of sp³-hybridized carbons (Fsp3) is 0.0952. The molecule has 0 aliphatic carbocycles. The first kappa shape index (κ1) is 23.0. The van der Waals surface area contributed by atoms with Crippen LogP contribution in [0.25, 0.3) is 16.6 Å². The zero-order valence-electron chi connectivity index (χ0n) is 16.7. The summed E-state index contributed by atoms with van der Waals surface area (Å²) in [5.74, 6) is -4.88. The van der Waals surface area contributed by atoms with Crippen molar-refractivity contribution < 1.29 is 22.0 Å². The predicted molar refractivity (Wildman–Crippen MR) is 121 cm³/mol. The Morgan fingerprint density at radius 2 is 1.76 bits per heavy atom. The van der Waals surface area contributed by atoms with Gasteiger partial charge in [-0.15, -0.1) is 11.3 Å². The second-order valence-electron chi connectivity index (χ2n) is 7.15. The largest absolute Gasteiger partial charge is 0.333 e. The second-order valence-corrected chi connectivity index (χ2v) is 11.1. The Morgan fingerprint density at radius 1 is 1.09 bits per heavy atom. The normalized spacial score (nSPS) is 11.8. The molecule has 0 spiro atoms. The molecule has 4 aromatic rings. The summed E-state index contributed by atoms with van der Waals surface area (Å²) in [7, 11) is -4.09. The van der Waals surface area contributed by atoms with Crippen LogP contribution in [0.4, 0.5) is 8.78 Å². The summed E-state index contributed by atoms with van der Waals surface area (Å²) in [5, 5.41) is 0.0276. The van der Waals surface area contributed by atoms with Crippen molar-refractivity contribution >= 4 is 49.5 Å². The molecule has 0 atom stereocenters. The van der Waals surface area contributed by atoms with Crippen LogP contribution < -0.4 is 11.2 Å². The van der Waals surface area contributed by atoms with E-state index >= 15 is 0 Å². The van der Waals surface area contributed by atoms with Crippen LogP contribution in [0.2, 0.25) is 4.34 Å². The lowest BCUT2D eigenvalue weighted by atomic mass is 10.1. The highest BCUT2D eigenvalue weighted by atomic mass is 35.5. The van der Waals surface area contributed by atoms with Crippen molar-refractivity contribution in [2.75, 3.05) is 5.75 Å². The van der Waals surface area contributed by atoms with Crippen LogP contribution in [0.5, 0.6) is 0 Å². The van der Waals surface area contributed by atoms with Crippen LogP contribution in [0.1, 0.15) is 15.9 Å². The Morgan fingerprint density at radius 3 is 2.36 bits per heavy atom. The number of aromatic nitrogens is 2. The number of H-pyrrole nitrogens is 1. The van der Waals surface area contributed by atoms with E-state index in [0.717, 1.165) is 16.9 Å². The van der Waals surface area contributed by atoms with E-state index in [1.165, 1.54) is 24.3 Å². The van der Waals surface area contributed by atoms with Gasteiger partial charge in [0.2, 0.25) is 0 Å². The van der Waals surface area contributed by atoms with Crippen molar-refractivity contribution in [3.63, 3.8) is 0 Å². The second kappa shape index (κ2) is 8.32. The first-order valence-electron chi connectivity index (χ1n) is 9.24. The van der Waals surface area contributed by atoms with Gasteiger partial charge in [-0.1, -0.05) is 17.7 Å². The van der Waals surface area contributed by atoms with Crippen LogP contribution in [0, 0.1) is 18.6 Å². The summed E-state index contributed by atoms with van der Waals surface area (Å²) in [6.45, 7) is 1.74. The molecular weight excluding hydrogens is 498 g/mol. The number of nitrogens with one attached hydrogen (secondary N) is 1. The highest BCUT2D eigenvalue weighted by Crippen LogP contribution is 2.27. The minimum absolute atomic E-state index is 0.0276. The first-order valence-corrected chi connectivity index (χ1v) is 12.1. The summed E-state index contributed by atoms with van der Waals surface area (Å²) >= 11 is 6.46. The number of sulfone groups is 1. The molecule has 4 rings (SSSR count). The fourth-order valence-corrected chi connectivity index (χ4v) is 6.06. The number of nitrogens with zero attached hydrogens (tertiary/aromatic N) is 1. The Bertz CT molecular complexity index is 1650. The van der Waals surface area contributed by atoms with Gasteiger partial charge >= 0.3 is 5.69 Å². The third-order valence-corrected chi connectivity index (χ3v) is 8.22. The number of ketones is 1. The minimum Gasteiger partial charge on any atom is -0.306 e. The van der Waals surface area contributed by atoms with E-state index in [-0.39, 0.29) is 19.4 Å². The summed E-state index contributed by atoms with van der Waals surface area (Å²) < 4.78 is 54.8. The molecule has 0 fully saturated rings. The smallest absolute Gasteiger partial charge is 0.306 e. The maximum absolute atomic E-state index is 14.9. The fourth-order valence-electron chi connectivity index (χ4n) is 3.27. The number of benzene rings is 2. The molecule has 0 aliphatic heterocycles. The standard InChI is InChI=1S/C21H13ClF2N2O5S2/c1-10-2-3-12-15(6-10)25-21(29)26(20(12)28)19-13(23)7-11(8-14(19)24)16(27)9-33(30,31)18-5-4-17(22)32-18/h2-8H,9H2,1H3,(H,25,29). The van der Waals surface area contributed by atoms with Gasteiger partial charge in [0.15, 0.2) is 27.3 Å². The van der Waals surface area contributed by atoms with E-state index in [1.807, 2.05) is 0 Å². The number of hydrogen-bond donors (Lipinski definition) is 1. The molecule has 170 valence electrons. The lowest BCUT2D eigenvalue weighted by Gasteiger charge is -2.11. The van der Waals surface area contributed by atoms with Gasteiger partial charge in [0.25, 0.3) is 5.56 Å². The zero-order valence-corrected chi connectivity index (χ0v) is 19.1. The van der Waals surface area contributed by atoms with Crippen LogP contribution in [0.15, 0.2) is 56.3 Å². The van der Waals surface area contributed by atoms with E-state index in [4.69, 9.17) is 11.6 Å². The first-order chi connectivity index (χ1) is 15.5. The molecule has 7 nitrogen and oxygen atoms in total. The third-order valence-electron chi connectivity index (χ3n) is 4.79. The number of Topliss-reactive ketones (excluding diaryl/α,β-unsaturated/α-hetero) is 1. The van der Waals surface area contributed by atoms with Crippen molar-refractivity contribution in [2.45, 2.75) is 11.1 Å². The van der Waals surface area contributed by atoms with Crippen molar-refractivity contribution in [1.82, 2.24) is 9.55 Å². The molecule has 0 radical (unpaired) electrons. The van der Waals surface area contributed by atoms with Crippen molar-refractivity contribution in [3.8, 4) is 5.69 Å². The van der Waals surface area contributed by atoms with Crippen molar-refractivity contribution in [3.05, 3.63) is 90.4 Å². The van der Waals surface area contributed by atoms with Crippen LogP contribution in [0.3, 0.4) is 0 Å². The highest BCUT2D eigenvalue weighted by Gasteiger charge is 2.25. The molecule has 0 bridgehead atoms. The number of thiophene rings is 1. The van der Waals surface area contributed by atoms with Crippen LogP contribution in [-0.4, -0.2) is 29.5 Å². The average molecular weight is 511 g/mol. The Balaban J connectivity index is 1.77. The highest BCUT2D eigenvalue weighted by molar-refractivity contribution is 7.94. The molecule has 12 heteroatoms. The van der Waals surface area contributed by atoms with E-state index in [1.54, 1.807) is 13.0 Å². The average Bonchev–Trinajstić information content (AvgIpc) is 3.16. The molecule has 0 saturated carbocycles. The van der Waals surface area contributed by atoms with Gasteiger partial charge in [0.05, 0.1) is 15.2 Å². The number of aryl methyl sites for hydroxylation is 1. The van der Waals surface area contributed by atoms with Gasteiger partial charge in [-0.3, -0.25) is 9.59 Å². The molecule has 1 N–H and O–H groups in total. The van der Waals surface area contributed by atoms with E-state index in [2.05, 4.69) is 4.98 Å². The number of carbonyl (C=O) groups excluding carboxylic acids is 1. The summed E-state index contributed by atoms with van der Waals surface area (Å²) in [4.78, 5) is 40.1. The molecule has 2 aromatic heterocycles. The number of aromatic amines is 1. The van der Waals surface area contributed by atoms with Gasteiger partial charge in [-0.2, -0.15) is 0 Å². The van der Waals surface area contributed by atoms with Crippen LogP contribution >= 0.6 is 22.9 Å². The Kier molecular flexibility index (Phi) is 5.81. The Labute approximate surface area is 193 Å². The van der Waals surface area contributed by atoms with E-state index < -0.39 is 55.5 Å². The monoisotopic (exact) mass is 510 g/mol. The number of hydrogen-bond acceptors (Lipinski definition) is 6. The topological polar surface area (TPSA) is 106 Å². The van der Waals surface area contributed by atoms with Gasteiger partial charge in [0.1, 0.15) is 15.6 Å². The molecule has 0 aliphatic rings. The van der Waals surface area contributed by atoms with Crippen molar-refractivity contribution in [2.24, 2.45) is 0 Å². The zero-order chi connectivity index (χ0) is 24.1. The van der Waals surface area contributed by atoms with Gasteiger partial charge in [0, 0.05) is 5.56 Å². The van der Waals surface area contributed by atoms with Crippen LogP contribution in [-0.2, 0) is 9.84 Å². The third kappa shape index (κ3) is 4.26. The van der Waals surface area contributed by atoms with E-state index in [0.29, 0.717) is 16.7 Å². The predicted octanol–water partition coefficient (Wildman–Crippen LogP) is 3.64. The molecule has 2 heterocycles. The minimum atomic E-state index is -4.09. The number of carbonyl (C=O) groups is 1. The number of halogens is 3. The maximum Gasteiger partial charge on any atom is 0.333 e.